The van der Waals surface area contributed by atoms with Gasteiger partial charge < -0.3 is 31.1 Å². The van der Waals surface area contributed by atoms with Gasteiger partial charge in [0.15, 0.2) is 5.82 Å². The number of nitrogens with one attached hydrogen (secondary N) is 2. The largest absolute Gasteiger partial charge is 0.495 e. The fourth-order valence-electron chi connectivity index (χ4n) is 4.22. The van der Waals surface area contributed by atoms with Crippen LogP contribution in [0.4, 0.5) is 33.2 Å². The lowest BCUT2D eigenvalue weighted by Crippen LogP contribution is -2.26. The molecule has 1 aliphatic rings. The molecule has 0 saturated carbocycles. The molecule has 3 heterocycles. The van der Waals surface area contributed by atoms with E-state index < -0.39 is 5.82 Å². The van der Waals surface area contributed by atoms with Gasteiger partial charge in [0.1, 0.15) is 11.6 Å². The van der Waals surface area contributed by atoms with Crippen LogP contribution >= 0.6 is 0 Å². The number of aromatic nitrogens is 3. The Balaban J connectivity index is 1.49. The second-order valence-corrected chi connectivity index (χ2v) is 8.54. The van der Waals surface area contributed by atoms with E-state index in [4.69, 9.17) is 10.5 Å². The normalized spacial score (nSPS) is 13.5. The summed E-state index contributed by atoms with van der Waals surface area (Å²) in [5, 5.41) is 15.9. The number of halogens is 1. The molecule has 5 rings (SSSR count). The van der Waals surface area contributed by atoms with Gasteiger partial charge in [0.05, 0.1) is 36.3 Å². The van der Waals surface area contributed by atoms with Gasteiger partial charge >= 0.3 is 0 Å². The summed E-state index contributed by atoms with van der Waals surface area (Å²) < 4.78 is 20.6. The molecule has 9 nitrogen and oxygen atoms in total. The number of benzene rings is 2. The van der Waals surface area contributed by atoms with E-state index in [1.54, 1.807) is 25.3 Å². The first-order chi connectivity index (χ1) is 16.9. The van der Waals surface area contributed by atoms with E-state index in [1.165, 1.54) is 23.5 Å². The number of nitrogens with zero attached hydrogens (tertiary/aromatic N) is 4. The van der Waals surface area contributed by atoms with Crippen molar-refractivity contribution < 1.29 is 14.2 Å². The zero-order valence-corrected chi connectivity index (χ0v) is 19.5. The van der Waals surface area contributed by atoms with Crippen LogP contribution in [0.15, 0.2) is 42.7 Å². The molecule has 0 aliphatic carbocycles. The molecule has 0 atom stereocenters. The predicted molar refractivity (Wildman–Crippen MR) is 134 cm³/mol. The van der Waals surface area contributed by atoms with E-state index in [-0.39, 0.29) is 18.0 Å². The molecule has 2 aromatic carbocycles. The molecule has 0 unspecified atom stereocenters. The fourth-order valence-corrected chi connectivity index (χ4v) is 4.22. The Morgan fingerprint density at radius 1 is 1.14 bits per heavy atom. The quantitative estimate of drug-likeness (QED) is 0.309. The molecule has 5 N–H and O–H groups in total. The Labute approximate surface area is 201 Å². The Morgan fingerprint density at radius 3 is 2.80 bits per heavy atom. The molecule has 0 fully saturated rings. The van der Waals surface area contributed by atoms with Crippen LogP contribution in [0.25, 0.3) is 10.9 Å². The molecule has 10 heteroatoms. The summed E-state index contributed by atoms with van der Waals surface area (Å²) in [4.78, 5) is 15.4. The first-order valence-electron chi connectivity index (χ1n) is 11.2. The molecule has 0 bridgehead atoms. The topological polar surface area (TPSA) is 121 Å². The molecule has 0 amide bonds. The standard InChI is InChI=1S/C25H26FN7O2/c1-33-6-4-15-9-21(35-2)19(8-16(15)12-33)32-25-29-11-17-18(31-25)10-20(23(26)24(17)27)30-22-7-14(13-34)3-5-28-22/h3,5,7-11,34H,4,6,12-13,27H2,1-2H3,(H,28,30)(H,29,31,32). The summed E-state index contributed by atoms with van der Waals surface area (Å²) >= 11 is 0. The highest BCUT2D eigenvalue weighted by atomic mass is 19.1. The number of rotatable bonds is 6. The molecule has 180 valence electrons. The minimum Gasteiger partial charge on any atom is -0.495 e. The minimum absolute atomic E-state index is 0.0655. The van der Waals surface area contributed by atoms with E-state index in [2.05, 4.69) is 49.7 Å². The maximum atomic E-state index is 15.0. The summed E-state index contributed by atoms with van der Waals surface area (Å²) in [6, 6.07) is 8.97. The van der Waals surface area contributed by atoms with E-state index >= 15 is 0 Å². The smallest absolute Gasteiger partial charge is 0.227 e. The van der Waals surface area contributed by atoms with Gasteiger partial charge in [0.25, 0.3) is 0 Å². The van der Waals surface area contributed by atoms with Gasteiger partial charge in [-0.3, -0.25) is 0 Å². The highest BCUT2D eigenvalue weighted by molar-refractivity contribution is 5.94. The number of fused-ring (bicyclic) bond motifs is 2. The Hall–Kier alpha value is -4.02. The number of nitrogens with two attached hydrogens (primary N) is 1. The van der Waals surface area contributed by atoms with Gasteiger partial charge in [0, 0.05) is 30.9 Å². The molecule has 0 radical (unpaired) electrons. The van der Waals surface area contributed by atoms with Gasteiger partial charge in [-0.15, -0.1) is 0 Å². The fraction of sp³-hybridized carbons (Fsp3) is 0.240. The number of pyridine rings is 1. The molecular formula is C25H26FN7O2. The van der Waals surface area contributed by atoms with Crippen LogP contribution in [0.5, 0.6) is 5.75 Å². The van der Waals surface area contributed by atoms with Crippen LogP contribution in [0.3, 0.4) is 0 Å². The summed E-state index contributed by atoms with van der Waals surface area (Å²) in [6.45, 7) is 1.71. The third-order valence-electron chi connectivity index (χ3n) is 6.10. The molecule has 0 saturated heterocycles. The van der Waals surface area contributed by atoms with Crippen molar-refractivity contribution in [2.75, 3.05) is 37.1 Å². The Kier molecular flexibility index (Phi) is 6.06. The van der Waals surface area contributed by atoms with Crippen molar-refractivity contribution in [3.8, 4) is 5.75 Å². The van der Waals surface area contributed by atoms with Crippen molar-refractivity contribution in [1.29, 1.82) is 0 Å². The van der Waals surface area contributed by atoms with Crippen LogP contribution in [-0.2, 0) is 19.6 Å². The molecule has 4 aromatic rings. The van der Waals surface area contributed by atoms with Crippen LogP contribution in [-0.4, -0.2) is 45.7 Å². The van der Waals surface area contributed by atoms with Crippen molar-refractivity contribution >= 4 is 39.7 Å². The van der Waals surface area contributed by atoms with Gasteiger partial charge in [-0.05, 0) is 60.5 Å². The number of ether oxygens (including phenoxy) is 1. The number of methoxy groups -OCH3 is 1. The zero-order chi connectivity index (χ0) is 24.5. The predicted octanol–water partition coefficient (Wildman–Crippen LogP) is 3.72. The number of anilines is 5. The van der Waals surface area contributed by atoms with Crippen LogP contribution in [0, 0.1) is 5.82 Å². The molecular weight excluding hydrogens is 449 g/mol. The maximum absolute atomic E-state index is 15.0. The molecule has 2 aromatic heterocycles. The summed E-state index contributed by atoms with van der Waals surface area (Å²) in [6.07, 6.45) is 3.99. The number of hydrogen-bond acceptors (Lipinski definition) is 9. The lowest BCUT2D eigenvalue weighted by Gasteiger charge is -2.26. The average Bonchev–Trinajstić information content (AvgIpc) is 2.86. The zero-order valence-electron chi connectivity index (χ0n) is 19.5. The van der Waals surface area contributed by atoms with Crippen LogP contribution < -0.4 is 21.1 Å². The van der Waals surface area contributed by atoms with Gasteiger partial charge in [-0.1, -0.05) is 0 Å². The minimum atomic E-state index is -0.626. The summed E-state index contributed by atoms with van der Waals surface area (Å²) in [5.41, 5.74) is 10.5. The second kappa shape index (κ2) is 9.32. The first kappa shape index (κ1) is 22.8. The van der Waals surface area contributed by atoms with Crippen LogP contribution in [0.2, 0.25) is 0 Å². The number of hydrogen-bond donors (Lipinski definition) is 4. The Bertz CT molecular complexity index is 1410. The molecule has 0 spiro atoms. The number of nitrogen functional groups attached to an aromatic ring is 1. The second-order valence-electron chi connectivity index (χ2n) is 8.54. The van der Waals surface area contributed by atoms with Gasteiger partial charge in [-0.2, -0.15) is 0 Å². The lowest BCUT2D eigenvalue weighted by atomic mass is 9.99. The van der Waals surface area contributed by atoms with E-state index in [1.807, 2.05) is 0 Å². The van der Waals surface area contributed by atoms with Crippen molar-refractivity contribution in [2.24, 2.45) is 0 Å². The monoisotopic (exact) mass is 475 g/mol. The summed E-state index contributed by atoms with van der Waals surface area (Å²) in [7, 11) is 3.72. The maximum Gasteiger partial charge on any atom is 0.227 e. The summed E-state index contributed by atoms with van der Waals surface area (Å²) in [5.74, 6) is 0.786. The Morgan fingerprint density at radius 2 is 2.00 bits per heavy atom. The van der Waals surface area contributed by atoms with E-state index in [0.717, 1.165) is 25.2 Å². The van der Waals surface area contributed by atoms with Crippen molar-refractivity contribution in [1.82, 2.24) is 19.9 Å². The number of aliphatic hydroxyl groups excluding tert-OH is 1. The van der Waals surface area contributed by atoms with Gasteiger partial charge in [-0.25, -0.2) is 19.3 Å². The lowest BCUT2D eigenvalue weighted by molar-refractivity contribution is 0.282. The molecule has 1 aliphatic heterocycles. The van der Waals surface area contributed by atoms with Crippen LogP contribution in [0.1, 0.15) is 16.7 Å². The highest BCUT2D eigenvalue weighted by Crippen LogP contribution is 2.34. The van der Waals surface area contributed by atoms with E-state index in [9.17, 15) is 9.50 Å². The number of likely N-dealkylation sites (N-methyl/N-ethyl adjacent to an activating group) is 1. The van der Waals surface area contributed by atoms with Crippen molar-refractivity contribution in [3.63, 3.8) is 0 Å². The van der Waals surface area contributed by atoms with Crippen molar-refractivity contribution in [2.45, 2.75) is 19.6 Å². The van der Waals surface area contributed by atoms with Crippen molar-refractivity contribution in [3.05, 3.63) is 65.2 Å². The SMILES string of the molecule is COc1cc2c(cc1Nc1ncc3c(N)c(F)c(Nc4cc(CO)ccn4)cc3n1)CN(C)CC2. The highest BCUT2D eigenvalue weighted by Gasteiger charge is 2.18. The first-order valence-corrected chi connectivity index (χ1v) is 11.2. The average molecular weight is 476 g/mol. The van der Waals surface area contributed by atoms with Gasteiger partial charge in [0.2, 0.25) is 5.95 Å². The molecule has 35 heavy (non-hydrogen) atoms. The van der Waals surface area contributed by atoms with E-state index in [0.29, 0.717) is 34.0 Å². The third kappa shape index (κ3) is 4.53. The third-order valence-corrected chi connectivity index (χ3v) is 6.10. The number of aliphatic hydroxyl groups is 1.